The maximum Gasteiger partial charge on any atom is 0.234 e. The first-order valence-electron chi connectivity index (χ1n) is 7.66. The molecule has 0 aliphatic carbocycles. The molecule has 8 heteroatoms. The van der Waals surface area contributed by atoms with Gasteiger partial charge < -0.3 is 20.1 Å². The molecule has 2 rings (SSSR count). The van der Waals surface area contributed by atoms with Crippen LogP contribution >= 0.6 is 23.4 Å². The predicted molar refractivity (Wildman–Crippen MR) is 106 cm³/mol. The summed E-state index contributed by atoms with van der Waals surface area (Å²) in [5, 5.41) is 6.09. The maximum absolute atomic E-state index is 12.0. The molecule has 0 heterocycles. The van der Waals surface area contributed by atoms with Gasteiger partial charge in [-0.05, 0) is 24.3 Å². The van der Waals surface area contributed by atoms with E-state index >= 15 is 0 Å². The fraction of sp³-hybridized carbons (Fsp3) is 0.222. The molecule has 0 spiro atoms. The molecule has 0 bridgehead atoms. The van der Waals surface area contributed by atoms with E-state index in [1.165, 1.54) is 26.0 Å². The van der Waals surface area contributed by atoms with Crippen molar-refractivity contribution >= 4 is 46.6 Å². The van der Waals surface area contributed by atoms with Crippen LogP contribution in [0, 0.1) is 0 Å². The van der Waals surface area contributed by atoms with E-state index in [4.69, 9.17) is 21.1 Å². The van der Waals surface area contributed by atoms with E-state index in [-0.39, 0.29) is 23.3 Å². The normalized spacial score (nSPS) is 10.1. The molecule has 26 heavy (non-hydrogen) atoms. The van der Waals surface area contributed by atoms with Crippen molar-refractivity contribution in [2.45, 2.75) is 0 Å². The highest BCUT2D eigenvalue weighted by Crippen LogP contribution is 2.25. The van der Waals surface area contributed by atoms with Gasteiger partial charge in [-0.3, -0.25) is 9.59 Å². The fourth-order valence-corrected chi connectivity index (χ4v) is 2.79. The van der Waals surface area contributed by atoms with Gasteiger partial charge in [0.15, 0.2) is 0 Å². The monoisotopic (exact) mass is 394 g/mol. The first-order valence-corrected chi connectivity index (χ1v) is 9.19. The minimum Gasteiger partial charge on any atom is -0.497 e. The minimum atomic E-state index is -0.218. The molecular formula is C18H19ClN2O4S. The van der Waals surface area contributed by atoms with Gasteiger partial charge in [0.2, 0.25) is 11.8 Å². The maximum atomic E-state index is 12.0. The van der Waals surface area contributed by atoms with Crippen LogP contribution in [-0.4, -0.2) is 37.5 Å². The quantitative estimate of drug-likeness (QED) is 0.714. The standard InChI is InChI=1S/C18H19ClN2O4S/c1-24-15-7-14(8-16(9-15)25-2)21-18(23)11-26-10-17(22)20-13-5-3-12(19)4-6-13/h3-9H,10-11H2,1-2H3,(H,20,22)(H,21,23). The lowest BCUT2D eigenvalue weighted by Gasteiger charge is -2.10. The second kappa shape index (κ2) is 9.94. The summed E-state index contributed by atoms with van der Waals surface area (Å²) < 4.78 is 10.3. The van der Waals surface area contributed by atoms with E-state index in [0.717, 1.165) is 0 Å². The zero-order chi connectivity index (χ0) is 18.9. The third-order valence-corrected chi connectivity index (χ3v) is 4.41. The van der Waals surface area contributed by atoms with Crippen molar-refractivity contribution in [1.82, 2.24) is 0 Å². The van der Waals surface area contributed by atoms with Gasteiger partial charge in [-0.1, -0.05) is 11.6 Å². The third-order valence-electron chi connectivity index (χ3n) is 3.23. The number of benzene rings is 2. The third kappa shape index (κ3) is 6.50. The number of ether oxygens (including phenoxy) is 2. The molecule has 2 N–H and O–H groups in total. The summed E-state index contributed by atoms with van der Waals surface area (Å²) in [5.41, 5.74) is 1.23. The number of halogens is 1. The predicted octanol–water partition coefficient (Wildman–Crippen LogP) is 3.67. The summed E-state index contributed by atoms with van der Waals surface area (Å²) in [5.74, 6) is 1.06. The van der Waals surface area contributed by atoms with Gasteiger partial charge in [-0.2, -0.15) is 0 Å². The summed E-state index contributed by atoms with van der Waals surface area (Å²) in [6.07, 6.45) is 0. The molecule has 0 aliphatic rings. The molecule has 0 aliphatic heterocycles. The molecule has 138 valence electrons. The number of hydrogen-bond acceptors (Lipinski definition) is 5. The molecule has 0 fully saturated rings. The van der Waals surface area contributed by atoms with E-state index in [0.29, 0.717) is 27.9 Å². The zero-order valence-corrected chi connectivity index (χ0v) is 15.9. The van der Waals surface area contributed by atoms with Crippen molar-refractivity contribution in [3.05, 3.63) is 47.5 Å². The highest BCUT2D eigenvalue weighted by atomic mass is 35.5. The lowest BCUT2D eigenvalue weighted by Crippen LogP contribution is -2.18. The Morgan fingerprint density at radius 3 is 1.88 bits per heavy atom. The minimum absolute atomic E-state index is 0.146. The van der Waals surface area contributed by atoms with Crippen LogP contribution in [0.3, 0.4) is 0 Å². The van der Waals surface area contributed by atoms with E-state index in [9.17, 15) is 9.59 Å². The van der Waals surface area contributed by atoms with Crippen molar-refractivity contribution in [2.75, 3.05) is 36.4 Å². The number of carbonyl (C=O) groups excluding carboxylic acids is 2. The van der Waals surface area contributed by atoms with Gasteiger partial charge in [-0.25, -0.2) is 0 Å². The number of rotatable bonds is 8. The van der Waals surface area contributed by atoms with E-state index in [1.54, 1.807) is 42.5 Å². The molecule has 0 saturated carbocycles. The van der Waals surface area contributed by atoms with Crippen LogP contribution in [0.4, 0.5) is 11.4 Å². The van der Waals surface area contributed by atoms with Crippen molar-refractivity contribution < 1.29 is 19.1 Å². The first-order chi connectivity index (χ1) is 12.5. The van der Waals surface area contributed by atoms with Gasteiger partial charge in [0.25, 0.3) is 0 Å². The molecule has 0 aromatic heterocycles. The number of hydrogen-bond donors (Lipinski definition) is 2. The average molecular weight is 395 g/mol. The largest absolute Gasteiger partial charge is 0.497 e. The van der Waals surface area contributed by atoms with Gasteiger partial charge in [0.05, 0.1) is 25.7 Å². The van der Waals surface area contributed by atoms with E-state index in [1.807, 2.05) is 0 Å². The Balaban J connectivity index is 1.78. The Bertz CT molecular complexity index is 746. The van der Waals surface area contributed by atoms with Crippen LogP contribution in [0.15, 0.2) is 42.5 Å². The van der Waals surface area contributed by atoms with Crippen LogP contribution < -0.4 is 20.1 Å². The van der Waals surface area contributed by atoms with Crippen LogP contribution in [0.2, 0.25) is 5.02 Å². The molecule has 0 saturated heterocycles. The molecule has 0 radical (unpaired) electrons. The Morgan fingerprint density at radius 1 is 0.885 bits per heavy atom. The van der Waals surface area contributed by atoms with Crippen molar-refractivity contribution in [1.29, 1.82) is 0 Å². The Hall–Kier alpha value is -2.38. The van der Waals surface area contributed by atoms with E-state index < -0.39 is 0 Å². The van der Waals surface area contributed by atoms with Crippen LogP contribution in [0.5, 0.6) is 11.5 Å². The second-order valence-electron chi connectivity index (χ2n) is 5.20. The fourth-order valence-electron chi connectivity index (χ4n) is 2.04. The number of carbonyl (C=O) groups is 2. The summed E-state index contributed by atoms with van der Waals surface area (Å²) in [6.45, 7) is 0. The summed E-state index contributed by atoms with van der Waals surface area (Å²) in [6, 6.07) is 11.9. The molecule has 2 aromatic rings. The number of thioether (sulfide) groups is 1. The van der Waals surface area contributed by atoms with Crippen molar-refractivity contribution in [2.24, 2.45) is 0 Å². The van der Waals surface area contributed by atoms with Crippen LogP contribution in [-0.2, 0) is 9.59 Å². The van der Waals surface area contributed by atoms with Gasteiger partial charge in [-0.15, -0.1) is 11.8 Å². The summed E-state index contributed by atoms with van der Waals surface area (Å²) in [7, 11) is 3.07. The second-order valence-corrected chi connectivity index (χ2v) is 6.62. The number of amides is 2. The Labute approximate surface area is 161 Å². The lowest BCUT2D eigenvalue weighted by molar-refractivity contribution is -0.114. The zero-order valence-electron chi connectivity index (χ0n) is 14.4. The van der Waals surface area contributed by atoms with Crippen LogP contribution in [0.1, 0.15) is 0 Å². The average Bonchev–Trinajstić information content (AvgIpc) is 2.63. The number of nitrogens with one attached hydrogen (secondary N) is 2. The highest BCUT2D eigenvalue weighted by Gasteiger charge is 2.08. The smallest absolute Gasteiger partial charge is 0.234 e. The topological polar surface area (TPSA) is 76.7 Å². The molecular weight excluding hydrogens is 376 g/mol. The number of anilines is 2. The molecule has 2 amide bonds. The SMILES string of the molecule is COc1cc(NC(=O)CSCC(=O)Nc2ccc(Cl)cc2)cc(OC)c1. The van der Waals surface area contributed by atoms with Crippen LogP contribution in [0.25, 0.3) is 0 Å². The Kier molecular flexibility index (Phi) is 7.62. The van der Waals surface area contributed by atoms with Gasteiger partial charge in [0, 0.05) is 34.6 Å². The molecule has 6 nitrogen and oxygen atoms in total. The van der Waals surface area contributed by atoms with Gasteiger partial charge in [0.1, 0.15) is 11.5 Å². The highest BCUT2D eigenvalue weighted by molar-refractivity contribution is 8.00. The van der Waals surface area contributed by atoms with Gasteiger partial charge >= 0.3 is 0 Å². The van der Waals surface area contributed by atoms with E-state index in [2.05, 4.69) is 10.6 Å². The van der Waals surface area contributed by atoms with Crippen molar-refractivity contribution in [3.8, 4) is 11.5 Å². The summed E-state index contributed by atoms with van der Waals surface area (Å²) >= 11 is 7.01. The molecule has 0 atom stereocenters. The van der Waals surface area contributed by atoms with Crippen molar-refractivity contribution in [3.63, 3.8) is 0 Å². The lowest BCUT2D eigenvalue weighted by atomic mass is 10.2. The number of methoxy groups -OCH3 is 2. The summed E-state index contributed by atoms with van der Waals surface area (Å²) in [4.78, 5) is 23.9. The Morgan fingerprint density at radius 2 is 1.38 bits per heavy atom. The molecule has 0 unspecified atom stereocenters. The first kappa shape index (κ1) is 19.9. The molecule has 2 aromatic carbocycles.